The van der Waals surface area contributed by atoms with Gasteiger partial charge in [0.2, 0.25) is 0 Å². The topological polar surface area (TPSA) is 31.4 Å². The van der Waals surface area contributed by atoms with Crippen LogP contribution in [0.1, 0.15) is 6.42 Å². The van der Waals surface area contributed by atoms with E-state index in [0.29, 0.717) is 0 Å². The Hall–Kier alpha value is -1.81. The van der Waals surface area contributed by atoms with E-state index in [1.54, 1.807) is 0 Å². The van der Waals surface area contributed by atoms with Crippen LogP contribution in [0.5, 0.6) is 0 Å². The van der Waals surface area contributed by atoms with Gasteiger partial charge in [0, 0.05) is 51.0 Å². The van der Waals surface area contributed by atoms with E-state index in [-0.39, 0.29) is 0 Å². The fourth-order valence-corrected chi connectivity index (χ4v) is 2.73. The molecule has 3 rings (SSSR count). The number of pyridine rings is 1. The highest BCUT2D eigenvalue weighted by molar-refractivity contribution is 5.94. The summed E-state index contributed by atoms with van der Waals surface area (Å²) in [5.41, 5.74) is 1.22. The molecule has 0 unspecified atom stereocenters. The minimum absolute atomic E-state index is 1.03. The highest BCUT2D eigenvalue weighted by Crippen LogP contribution is 2.28. The van der Waals surface area contributed by atoms with Crippen molar-refractivity contribution in [2.24, 2.45) is 0 Å². The quantitative estimate of drug-likeness (QED) is 0.905. The average molecular weight is 270 g/mol. The summed E-state index contributed by atoms with van der Waals surface area (Å²) in [6.45, 7) is 4.24. The van der Waals surface area contributed by atoms with E-state index < -0.39 is 0 Å². The van der Waals surface area contributed by atoms with Gasteiger partial charge in [0.15, 0.2) is 0 Å². The predicted molar refractivity (Wildman–Crippen MR) is 85.8 cm³/mol. The van der Waals surface area contributed by atoms with Crippen LogP contribution in [0.4, 0.5) is 11.5 Å². The van der Waals surface area contributed by atoms with Crippen molar-refractivity contribution in [1.29, 1.82) is 0 Å². The summed E-state index contributed by atoms with van der Waals surface area (Å²) in [6.07, 6.45) is 3.09. The molecule has 106 valence electrons. The van der Waals surface area contributed by atoms with Crippen LogP contribution >= 0.6 is 0 Å². The number of hydrogen-bond donors (Lipinski definition) is 1. The van der Waals surface area contributed by atoms with Gasteiger partial charge in [-0.15, -0.1) is 0 Å². The minimum Gasteiger partial charge on any atom is -0.378 e. The largest absolute Gasteiger partial charge is 0.378 e. The van der Waals surface area contributed by atoms with Gasteiger partial charge in [-0.05, 0) is 36.6 Å². The summed E-state index contributed by atoms with van der Waals surface area (Å²) in [4.78, 5) is 9.20. The van der Waals surface area contributed by atoms with Crippen molar-refractivity contribution in [3.63, 3.8) is 0 Å². The molecule has 1 fully saturated rings. The van der Waals surface area contributed by atoms with Crippen molar-refractivity contribution in [3.8, 4) is 0 Å². The number of nitrogens with one attached hydrogen (secondary N) is 1. The molecule has 0 spiro atoms. The van der Waals surface area contributed by atoms with E-state index in [2.05, 4.69) is 58.5 Å². The van der Waals surface area contributed by atoms with Gasteiger partial charge in [-0.25, -0.2) is 4.98 Å². The van der Waals surface area contributed by atoms with E-state index in [1.807, 2.05) is 6.20 Å². The first-order valence-electron chi connectivity index (χ1n) is 7.27. The molecule has 4 nitrogen and oxygen atoms in total. The Labute approximate surface area is 120 Å². The van der Waals surface area contributed by atoms with Gasteiger partial charge in [-0.1, -0.05) is 6.07 Å². The molecule has 4 heteroatoms. The summed E-state index contributed by atoms with van der Waals surface area (Å²) in [7, 11) is 4.15. The number of aromatic nitrogens is 1. The highest BCUT2D eigenvalue weighted by atomic mass is 15.2. The molecule has 0 aliphatic carbocycles. The van der Waals surface area contributed by atoms with Crippen molar-refractivity contribution in [3.05, 3.63) is 30.5 Å². The van der Waals surface area contributed by atoms with Crippen LogP contribution in [0.15, 0.2) is 30.5 Å². The van der Waals surface area contributed by atoms with Crippen LogP contribution in [-0.4, -0.2) is 45.3 Å². The third-order valence-corrected chi connectivity index (χ3v) is 3.88. The number of benzene rings is 1. The second kappa shape index (κ2) is 5.67. The maximum Gasteiger partial charge on any atom is 0.136 e. The Bertz CT molecular complexity index is 586. The van der Waals surface area contributed by atoms with E-state index in [0.717, 1.165) is 32.0 Å². The van der Waals surface area contributed by atoms with Crippen molar-refractivity contribution in [2.45, 2.75) is 6.42 Å². The lowest BCUT2D eigenvalue weighted by molar-refractivity contribution is 0.724. The monoisotopic (exact) mass is 270 g/mol. The van der Waals surface area contributed by atoms with Crippen LogP contribution in [0.3, 0.4) is 0 Å². The second-order valence-corrected chi connectivity index (χ2v) is 5.53. The van der Waals surface area contributed by atoms with Crippen LogP contribution < -0.4 is 15.1 Å². The fraction of sp³-hybridized carbons (Fsp3) is 0.438. The van der Waals surface area contributed by atoms with E-state index in [4.69, 9.17) is 0 Å². The van der Waals surface area contributed by atoms with Gasteiger partial charge in [-0.3, -0.25) is 0 Å². The molecule has 0 saturated carbocycles. The average Bonchev–Trinajstić information content (AvgIpc) is 2.75. The zero-order valence-electron chi connectivity index (χ0n) is 12.3. The zero-order chi connectivity index (χ0) is 13.9. The zero-order valence-corrected chi connectivity index (χ0v) is 12.3. The molecule has 20 heavy (non-hydrogen) atoms. The standard InChI is InChI=1S/C16H22N4/c1-19(2)14-5-4-13-6-8-18-16(15(13)12-14)20-10-3-7-17-9-11-20/h4-6,8,12,17H,3,7,9-11H2,1-2H3. The van der Waals surface area contributed by atoms with Gasteiger partial charge in [0.05, 0.1) is 0 Å². The number of anilines is 2. The molecule has 2 heterocycles. The Balaban J connectivity index is 2.06. The lowest BCUT2D eigenvalue weighted by Gasteiger charge is -2.23. The molecule has 2 aromatic rings. The van der Waals surface area contributed by atoms with Crippen molar-refractivity contribution >= 4 is 22.3 Å². The van der Waals surface area contributed by atoms with Crippen LogP contribution in [-0.2, 0) is 0 Å². The molecule has 0 bridgehead atoms. The van der Waals surface area contributed by atoms with E-state index >= 15 is 0 Å². The third kappa shape index (κ3) is 2.56. The van der Waals surface area contributed by atoms with Gasteiger partial charge in [0.1, 0.15) is 5.82 Å². The summed E-state index contributed by atoms with van der Waals surface area (Å²) in [5, 5.41) is 5.96. The summed E-state index contributed by atoms with van der Waals surface area (Å²) >= 11 is 0. The van der Waals surface area contributed by atoms with E-state index in [1.165, 1.54) is 22.9 Å². The molecule has 0 amide bonds. The number of nitrogens with zero attached hydrogens (tertiary/aromatic N) is 3. The molecule has 1 N–H and O–H groups in total. The smallest absolute Gasteiger partial charge is 0.136 e. The number of rotatable bonds is 2. The third-order valence-electron chi connectivity index (χ3n) is 3.88. The van der Waals surface area contributed by atoms with Crippen LogP contribution in [0.2, 0.25) is 0 Å². The van der Waals surface area contributed by atoms with Crippen LogP contribution in [0.25, 0.3) is 10.8 Å². The Morgan fingerprint density at radius 1 is 1.15 bits per heavy atom. The molecule has 1 aliphatic rings. The van der Waals surface area contributed by atoms with E-state index in [9.17, 15) is 0 Å². The summed E-state index contributed by atoms with van der Waals surface area (Å²) in [5.74, 6) is 1.12. The second-order valence-electron chi connectivity index (χ2n) is 5.53. The maximum absolute atomic E-state index is 4.65. The van der Waals surface area contributed by atoms with Gasteiger partial charge >= 0.3 is 0 Å². The lowest BCUT2D eigenvalue weighted by atomic mass is 10.1. The molecule has 1 aromatic carbocycles. The summed E-state index contributed by atoms with van der Waals surface area (Å²) < 4.78 is 0. The first-order valence-corrected chi connectivity index (χ1v) is 7.27. The van der Waals surface area contributed by atoms with Crippen molar-refractivity contribution in [1.82, 2.24) is 10.3 Å². The highest BCUT2D eigenvalue weighted by Gasteiger charge is 2.14. The van der Waals surface area contributed by atoms with Gasteiger partial charge < -0.3 is 15.1 Å². The van der Waals surface area contributed by atoms with Gasteiger partial charge in [0.25, 0.3) is 0 Å². The SMILES string of the molecule is CN(C)c1ccc2ccnc(N3CCCNCC3)c2c1. The molecule has 1 saturated heterocycles. The van der Waals surface area contributed by atoms with Crippen molar-refractivity contribution < 1.29 is 0 Å². The molecular formula is C16H22N4. The molecular weight excluding hydrogens is 248 g/mol. The molecule has 1 aliphatic heterocycles. The fourth-order valence-electron chi connectivity index (χ4n) is 2.73. The lowest BCUT2D eigenvalue weighted by Crippen LogP contribution is -2.28. The number of fused-ring (bicyclic) bond motifs is 1. The first kappa shape index (κ1) is 13.2. The minimum atomic E-state index is 1.03. The van der Waals surface area contributed by atoms with Gasteiger partial charge in [-0.2, -0.15) is 0 Å². The van der Waals surface area contributed by atoms with Crippen LogP contribution in [0, 0.1) is 0 Å². The Kier molecular flexibility index (Phi) is 3.74. The number of hydrogen-bond acceptors (Lipinski definition) is 4. The maximum atomic E-state index is 4.65. The normalized spacial score (nSPS) is 16.2. The molecule has 0 radical (unpaired) electrons. The van der Waals surface area contributed by atoms with Crippen molar-refractivity contribution in [2.75, 3.05) is 50.1 Å². The first-order chi connectivity index (χ1) is 9.75. The molecule has 0 atom stereocenters. The Morgan fingerprint density at radius 2 is 2.05 bits per heavy atom. The predicted octanol–water partition coefficient (Wildman–Crippen LogP) is 2.10. The Morgan fingerprint density at radius 3 is 2.90 bits per heavy atom. The molecule has 1 aromatic heterocycles. The summed E-state index contributed by atoms with van der Waals surface area (Å²) in [6, 6.07) is 8.69.